The standard InChI is InChI=1S/C23H22N2O5/c1-26-14-6-8-16(21(10-14)28-3)18-12-20(25-23(30-5)19(18)13-24)17-9-7-15(27-2)11-22(17)29-4/h6-12H,1-5H3. The van der Waals surface area contributed by atoms with Gasteiger partial charge in [-0.1, -0.05) is 0 Å². The summed E-state index contributed by atoms with van der Waals surface area (Å²) in [5, 5.41) is 9.81. The SMILES string of the molecule is COc1ccc(-c2cc(-c3ccc(OC)cc3OC)c(C#N)c(OC)n2)c(OC)c1. The fraction of sp³-hybridized carbons (Fsp3) is 0.217. The van der Waals surface area contributed by atoms with Crippen LogP contribution in [0.25, 0.3) is 22.4 Å². The normalized spacial score (nSPS) is 10.1. The van der Waals surface area contributed by atoms with Crippen molar-refractivity contribution in [1.82, 2.24) is 4.98 Å². The average Bonchev–Trinajstić information content (AvgIpc) is 2.81. The minimum absolute atomic E-state index is 0.209. The molecule has 0 atom stereocenters. The topological polar surface area (TPSA) is 82.8 Å². The van der Waals surface area contributed by atoms with Crippen molar-refractivity contribution in [3.05, 3.63) is 48.0 Å². The third-order valence-electron chi connectivity index (χ3n) is 4.67. The first-order valence-corrected chi connectivity index (χ1v) is 9.04. The lowest BCUT2D eigenvalue weighted by atomic mass is 9.97. The Morgan fingerprint density at radius 3 is 1.73 bits per heavy atom. The molecule has 0 bridgehead atoms. The minimum atomic E-state index is 0.209. The van der Waals surface area contributed by atoms with Crippen molar-refractivity contribution in [3.8, 4) is 57.3 Å². The lowest BCUT2D eigenvalue weighted by Gasteiger charge is -2.16. The van der Waals surface area contributed by atoms with Crippen molar-refractivity contribution < 1.29 is 23.7 Å². The molecule has 0 aliphatic rings. The second-order valence-corrected chi connectivity index (χ2v) is 6.18. The fourth-order valence-corrected chi connectivity index (χ4v) is 3.16. The van der Waals surface area contributed by atoms with E-state index in [0.29, 0.717) is 45.4 Å². The van der Waals surface area contributed by atoms with Gasteiger partial charge in [-0.2, -0.15) is 5.26 Å². The highest BCUT2D eigenvalue weighted by Gasteiger charge is 2.20. The lowest BCUT2D eigenvalue weighted by molar-refractivity contribution is 0.393. The van der Waals surface area contributed by atoms with Gasteiger partial charge in [-0.3, -0.25) is 0 Å². The molecular weight excluding hydrogens is 384 g/mol. The van der Waals surface area contributed by atoms with Crippen LogP contribution < -0.4 is 23.7 Å². The summed E-state index contributed by atoms with van der Waals surface area (Å²) >= 11 is 0. The molecular formula is C23H22N2O5. The van der Waals surface area contributed by atoms with Crippen LogP contribution in [0.3, 0.4) is 0 Å². The molecule has 1 aromatic heterocycles. The Kier molecular flexibility index (Phi) is 6.28. The average molecular weight is 406 g/mol. The van der Waals surface area contributed by atoms with Crippen molar-refractivity contribution >= 4 is 0 Å². The van der Waals surface area contributed by atoms with Gasteiger partial charge >= 0.3 is 0 Å². The molecule has 1 heterocycles. The lowest BCUT2D eigenvalue weighted by Crippen LogP contribution is -2.00. The van der Waals surface area contributed by atoms with Crippen LogP contribution in [0.15, 0.2) is 42.5 Å². The second-order valence-electron chi connectivity index (χ2n) is 6.18. The number of nitriles is 1. The predicted octanol–water partition coefficient (Wildman–Crippen LogP) is 4.33. The monoisotopic (exact) mass is 406 g/mol. The molecule has 0 spiro atoms. The van der Waals surface area contributed by atoms with E-state index in [1.165, 1.54) is 7.11 Å². The van der Waals surface area contributed by atoms with E-state index in [-0.39, 0.29) is 5.88 Å². The summed E-state index contributed by atoms with van der Waals surface area (Å²) < 4.78 is 27.1. The number of ether oxygens (including phenoxy) is 5. The van der Waals surface area contributed by atoms with Gasteiger partial charge in [0, 0.05) is 28.8 Å². The van der Waals surface area contributed by atoms with E-state index in [4.69, 9.17) is 23.7 Å². The molecule has 2 aromatic carbocycles. The zero-order valence-corrected chi connectivity index (χ0v) is 17.5. The minimum Gasteiger partial charge on any atom is -0.497 e. The highest BCUT2D eigenvalue weighted by atomic mass is 16.5. The Bertz CT molecular complexity index is 1110. The summed E-state index contributed by atoms with van der Waals surface area (Å²) in [6.45, 7) is 0. The Hall–Kier alpha value is -3.92. The molecule has 0 unspecified atom stereocenters. The van der Waals surface area contributed by atoms with E-state index >= 15 is 0 Å². The van der Waals surface area contributed by atoms with Gasteiger partial charge in [0.25, 0.3) is 0 Å². The highest BCUT2D eigenvalue weighted by molar-refractivity contribution is 5.83. The van der Waals surface area contributed by atoms with Gasteiger partial charge in [0.1, 0.15) is 34.6 Å². The predicted molar refractivity (Wildman–Crippen MR) is 113 cm³/mol. The number of pyridine rings is 1. The summed E-state index contributed by atoms with van der Waals surface area (Å²) in [6, 6.07) is 14.8. The number of rotatable bonds is 7. The van der Waals surface area contributed by atoms with Gasteiger partial charge in [-0.15, -0.1) is 0 Å². The summed E-state index contributed by atoms with van der Waals surface area (Å²) in [5.41, 5.74) is 2.95. The quantitative estimate of drug-likeness (QED) is 0.577. The van der Waals surface area contributed by atoms with Gasteiger partial charge in [0.15, 0.2) is 0 Å². The molecule has 7 heteroatoms. The van der Waals surface area contributed by atoms with Crippen molar-refractivity contribution in [2.45, 2.75) is 0 Å². The molecule has 0 fully saturated rings. The Morgan fingerprint density at radius 2 is 1.23 bits per heavy atom. The van der Waals surface area contributed by atoms with Gasteiger partial charge in [0.05, 0.1) is 41.2 Å². The van der Waals surface area contributed by atoms with Gasteiger partial charge in [-0.25, -0.2) is 4.98 Å². The molecule has 154 valence electrons. The van der Waals surface area contributed by atoms with E-state index in [0.717, 1.165) is 5.56 Å². The fourth-order valence-electron chi connectivity index (χ4n) is 3.16. The van der Waals surface area contributed by atoms with Crippen molar-refractivity contribution in [1.29, 1.82) is 5.26 Å². The first-order valence-electron chi connectivity index (χ1n) is 9.04. The van der Waals surface area contributed by atoms with Crippen LogP contribution in [0.4, 0.5) is 0 Å². The molecule has 0 saturated heterocycles. The number of methoxy groups -OCH3 is 5. The van der Waals surface area contributed by atoms with Gasteiger partial charge in [0.2, 0.25) is 5.88 Å². The van der Waals surface area contributed by atoms with E-state index in [2.05, 4.69) is 11.1 Å². The number of nitrogens with zero attached hydrogens (tertiary/aromatic N) is 2. The van der Waals surface area contributed by atoms with Crippen LogP contribution in [0.2, 0.25) is 0 Å². The third kappa shape index (κ3) is 3.80. The molecule has 0 N–H and O–H groups in total. The molecule has 0 radical (unpaired) electrons. The Morgan fingerprint density at radius 1 is 0.667 bits per heavy atom. The van der Waals surface area contributed by atoms with Crippen LogP contribution in [-0.2, 0) is 0 Å². The molecule has 0 aliphatic heterocycles. The van der Waals surface area contributed by atoms with Gasteiger partial charge in [-0.05, 0) is 30.3 Å². The highest BCUT2D eigenvalue weighted by Crippen LogP contribution is 2.41. The number of hydrogen-bond donors (Lipinski definition) is 0. The van der Waals surface area contributed by atoms with Gasteiger partial charge < -0.3 is 23.7 Å². The second kappa shape index (κ2) is 9.05. The maximum atomic E-state index is 9.81. The van der Waals surface area contributed by atoms with E-state index < -0.39 is 0 Å². The van der Waals surface area contributed by atoms with Crippen LogP contribution in [0.5, 0.6) is 28.9 Å². The van der Waals surface area contributed by atoms with E-state index in [1.54, 1.807) is 46.6 Å². The van der Waals surface area contributed by atoms with Crippen LogP contribution in [0.1, 0.15) is 5.56 Å². The molecule has 0 aliphatic carbocycles. The van der Waals surface area contributed by atoms with Crippen LogP contribution in [0, 0.1) is 11.3 Å². The Labute approximate surface area is 175 Å². The third-order valence-corrected chi connectivity index (χ3v) is 4.67. The first-order chi connectivity index (χ1) is 14.6. The first kappa shape index (κ1) is 20.8. The molecule has 0 saturated carbocycles. The summed E-state index contributed by atoms with van der Waals surface area (Å²) in [6.07, 6.45) is 0. The largest absolute Gasteiger partial charge is 0.497 e. The molecule has 3 rings (SSSR count). The number of benzene rings is 2. The van der Waals surface area contributed by atoms with Crippen molar-refractivity contribution in [2.24, 2.45) is 0 Å². The molecule has 30 heavy (non-hydrogen) atoms. The zero-order chi connectivity index (χ0) is 21.7. The Balaban J connectivity index is 2.29. The van der Waals surface area contributed by atoms with E-state index in [1.807, 2.05) is 24.3 Å². The molecule has 0 amide bonds. The van der Waals surface area contributed by atoms with Crippen LogP contribution in [-0.4, -0.2) is 40.5 Å². The number of hydrogen-bond acceptors (Lipinski definition) is 7. The van der Waals surface area contributed by atoms with Crippen molar-refractivity contribution in [3.63, 3.8) is 0 Å². The van der Waals surface area contributed by atoms with Crippen LogP contribution >= 0.6 is 0 Å². The summed E-state index contributed by atoms with van der Waals surface area (Å²) in [5.74, 6) is 2.66. The van der Waals surface area contributed by atoms with Crippen molar-refractivity contribution in [2.75, 3.05) is 35.5 Å². The zero-order valence-electron chi connectivity index (χ0n) is 17.5. The number of aromatic nitrogens is 1. The van der Waals surface area contributed by atoms with E-state index in [9.17, 15) is 5.26 Å². The molecule has 3 aromatic rings. The maximum absolute atomic E-state index is 9.81. The summed E-state index contributed by atoms with van der Waals surface area (Å²) in [7, 11) is 7.79. The summed E-state index contributed by atoms with van der Waals surface area (Å²) in [4.78, 5) is 4.54. The molecule has 7 nitrogen and oxygen atoms in total. The smallest absolute Gasteiger partial charge is 0.232 e. The maximum Gasteiger partial charge on any atom is 0.232 e.